The minimum atomic E-state index is -1.17. The Kier molecular flexibility index (Phi) is 6.72. The van der Waals surface area contributed by atoms with Crippen molar-refractivity contribution in [3.63, 3.8) is 0 Å². The summed E-state index contributed by atoms with van der Waals surface area (Å²) in [4.78, 5) is 32.6. The Morgan fingerprint density at radius 1 is 1.03 bits per heavy atom. The van der Waals surface area contributed by atoms with Crippen molar-refractivity contribution in [3.05, 3.63) is 101 Å². The van der Waals surface area contributed by atoms with Gasteiger partial charge in [0, 0.05) is 24.2 Å². The van der Waals surface area contributed by atoms with E-state index in [1.54, 1.807) is 36.9 Å². The van der Waals surface area contributed by atoms with Crippen molar-refractivity contribution in [1.29, 1.82) is 0 Å². The lowest BCUT2D eigenvalue weighted by atomic mass is 10.0. The van der Waals surface area contributed by atoms with Crippen molar-refractivity contribution < 1.29 is 18.4 Å². The molecule has 0 saturated carbocycles. The van der Waals surface area contributed by atoms with Crippen LogP contribution in [0.4, 0.5) is 8.78 Å². The fraction of sp³-hybridized carbons (Fsp3) is 0.296. The van der Waals surface area contributed by atoms with Gasteiger partial charge in [-0.15, -0.1) is 0 Å². The van der Waals surface area contributed by atoms with Gasteiger partial charge in [-0.2, -0.15) is 0 Å². The monoisotopic (exact) mass is 463 g/mol. The molecule has 2 amide bonds. The van der Waals surface area contributed by atoms with Crippen molar-refractivity contribution in [2.24, 2.45) is 0 Å². The Labute approximate surface area is 197 Å². The van der Waals surface area contributed by atoms with Crippen molar-refractivity contribution in [3.8, 4) is 0 Å². The van der Waals surface area contributed by atoms with Crippen LogP contribution in [0.5, 0.6) is 0 Å². The Balaban J connectivity index is 1.50. The summed E-state index contributed by atoms with van der Waals surface area (Å²) >= 11 is 0. The van der Waals surface area contributed by atoms with Crippen LogP contribution in [0.15, 0.2) is 66.7 Å². The molecule has 176 valence electrons. The van der Waals surface area contributed by atoms with Gasteiger partial charge in [0.15, 0.2) is 0 Å². The summed E-state index contributed by atoms with van der Waals surface area (Å²) in [5, 5.41) is 2.78. The number of halogens is 2. The van der Waals surface area contributed by atoms with Gasteiger partial charge >= 0.3 is 0 Å². The average Bonchev–Trinajstić information content (AvgIpc) is 3.30. The zero-order valence-corrected chi connectivity index (χ0v) is 19.2. The van der Waals surface area contributed by atoms with E-state index in [-0.39, 0.29) is 23.3 Å². The number of carbonyl (C=O) groups is 2. The Morgan fingerprint density at radius 2 is 1.76 bits per heavy atom. The predicted octanol–water partition coefficient (Wildman–Crippen LogP) is 4.82. The smallest absolute Gasteiger partial charge is 0.252 e. The number of aromatic nitrogens is 1. The molecule has 3 aromatic rings. The molecule has 1 aromatic heterocycles. The van der Waals surface area contributed by atoms with Gasteiger partial charge in [0.05, 0.1) is 11.7 Å². The van der Waals surface area contributed by atoms with Crippen LogP contribution in [-0.2, 0) is 11.2 Å². The molecule has 1 aliphatic heterocycles. The lowest BCUT2D eigenvalue weighted by Crippen LogP contribution is -2.55. The van der Waals surface area contributed by atoms with Crippen molar-refractivity contribution in [2.45, 2.75) is 44.7 Å². The summed E-state index contributed by atoms with van der Waals surface area (Å²) in [6.07, 6.45) is 1.93. The van der Waals surface area contributed by atoms with Gasteiger partial charge in [-0.25, -0.2) is 8.78 Å². The van der Waals surface area contributed by atoms with E-state index in [9.17, 15) is 18.4 Å². The van der Waals surface area contributed by atoms with Crippen molar-refractivity contribution in [1.82, 2.24) is 15.2 Å². The summed E-state index contributed by atoms with van der Waals surface area (Å²) in [5.74, 6) is -1.37. The topological polar surface area (TPSA) is 62.3 Å². The molecule has 1 saturated heterocycles. The number of hydrogen-bond donors (Lipinski definition) is 1. The number of carbonyl (C=O) groups excluding carboxylic acids is 2. The lowest BCUT2D eigenvalue weighted by Gasteiger charge is -2.33. The Hall–Kier alpha value is -3.61. The second-order valence-electron chi connectivity index (χ2n) is 9.06. The number of nitrogens with zero attached hydrogens (tertiary/aromatic N) is 2. The SMILES string of the molecule is CC(C)(NC(=O)c1ccc(F)cc1)C(=O)N1CCCC1c1cccc(Cc2ccccc2F)n1. The molecular formula is C27H27F2N3O2. The van der Waals surface area contributed by atoms with Gasteiger partial charge in [-0.1, -0.05) is 24.3 Å². The van der Waals surface area contributed by atoms with E-state index in [1.165, 1.54) is 30.3 Å². The zero-order valence-electron chi connectivity index (χ0n) is 19.2. The van der Waals surface area contributed by atoms with E-state index in [0.29, 0.717) is 18.5 Å². The maximum Gasteiger partial charge on any atom is 0.252 e. The van der Waals surface area contributed by atoms with Gasteiger partial charge in [-0.3, -0.25) is 14.6 Å². The van der Waals surface area contributed by atoms with Crippen molar-refractivity contribution in [2.75, 3.05) is 6.54 Å². The molecule has 0 aliphatic carbocycles. The van der Waals surface area contributed by atoms with Crippen molar-refractivity contribution >= 4 is 11.8 Å². The minimum Gasteiger partial charge on any atom is -0.338 e. The van der Waals surface area contributed by atoms with Gasteiger partial charge in [0.25, 0.3) is 5.91 Å². The first-order chi connectivity index (χ1) is 16.2. The van der Waals surface area contributed by atoms with Crippen LogP contribution in [0, 0.1) is 11.6 Å². The third-order valence-electron chi connectivity index (χ3n) is 6.08. The number of likely N-dealkylation sites (tertiary alicyclic amines) is 1. The first kappa shape index (κ1) is 23.5. The summed E-state index contributed by atoms with van der Waals surface area (Å²) in [5.41, 5.74) is 1.16. The van der Waals surface area contributed by atoms with Crippen LogP contribution in [0.3, 0.4) is 0 Å². The second kappa shape index (κ2) is 9.71. The quantitative estimate of drug-likeness (QED) is 0.570. The number of benzene rings is 2. The maximum atomic E-state index is 14.1. The molecule has 0 bridgehead atoms. The van der Waals surface area contributed by atoms with Gasteiger partial charge in [0.2, 0.25) is 5.91 Å². The molecule has 5 nitrogen and oxygen atoms in total. The van der Waals surface area contributed by atoms with Gasteiger partial charge < -0.3 is 10.2 Å². The normalized spacial score (nSPS) is 15.9. The van der Waals surface area contributed by atoms with Crippen LogP contribution in [0.2, 0.25) is 0 Å². The molecule has 0 spiro atoms. The highest BCUT2D eigenvalue weighted by molar-refractivity contribution is 5.99. The average molecular weight is 464 g/mol. The number of pyridine rings is 1. The second-order valence-corrected chi connectivity index (χ2v) is 9.06. The molecule has 0 radical (unpaired) electrons. The molecule has 1 aliphatic rings. The van der Waals surface area contributed by atoms with E-state index in [4.69, 9.17) is 4.98 Å². The minimum absolute atomic E-state index is 0.216. The van der Waals surface area contributed by atoms with Gasteiger partial charge in [0.1, 0.15) is 17.2 Å². The summed E-state index contributed by atoms with van der Waals surface area (Å²) in [6.45, 7) is 3.88. The summed E-state index contributed by atoms with van der Waals surface area (Å²) in [7, 11) is 0. The Morgan fingerprint density at radius 3 is 2.50 bits per heavy atom. The van der Waals surface area contributed by atoms with E-state index < -0.39 is 17.3 Å². The number of amides is 2. The summed E-state index contributed by atoms with van der Waals surface area (Å²) < 4.78 is 27.3. The number of hydrogen-bond acceptors (Lipinski definition) is 3. The molecule has 7 heteroatoms. The lowest BCUT2D eigenvalue weighted by molar-refractivity contribution is -0.137. The summed E-state index contributed by atoms with van der Waals surface area (Å²) in [6, 6.07) is 17.2. The number of rotatable bonds is 6. The highest BCUT2D eigenvalue weighted by atomic mass is 19.1. The fourth-order valence-electron chi connectivity index (χ4n) is 4.31. The third-order valence-corrected chi connectivity index (χ3v) is 6.08. The highest BCUT2D eigenvalue weighted by Crippen LogP contribution is 2.33. The number of nitrogens with one attached hydrogen (secondary N) is 1. The molecular weight excluding hydrogens is 436 g/mol. The van der Waals surface area contributed by atoms with Crippen LogP contribution in [0.25, 0.3) is 0 Å². The molecule has 1 fully saturated rings. The largest absolute Gasteiger partial charge is 0.338 e. The molecule has 1 unspecified atom stereocenters. The molecule has 2 heterocycles. The third kappa shape index (κ3) is 5.14. The van der Waals surface area contributed by atoms with E-state index in [1.807, 2.05) is 18.2 Å². The molecule has 34 heavy (non-hydrogen) atoms. The Bertz CT molecular complexity index is 1190. The van der Waals surface area contributed by atoms with E-state index in [2.05, 4.69) is 5.32 Å². The van der Waals surface area contributed by atoms with E-state index >= 15 is 0 Å². The van der Waals surface area contributed by atoms with E-state index in [0.717, 1.165) is 24.2 Å². The first-order valence-electron chi connectivity index (χ1n) is 11.3. The van der Waals surface area contributed by atoms with Gasteiger partial charge in [-0.05, 0) is 74.7 Å². The van der Waals surface area contributed by atoms with Crippen LogP contribution in [0.1, 0.15) is 60.0 Å². The first-order valence-corrected chi connectivity index (χ1v) is 11.3. The predicted molar refractivity (Wildman–Crippen MR) is 125 cm³/mol. The standard InChI is InChI=1S/C27H27F2N3O2/c1-27(2,31-25(33)18-12-14-20(28)15-13-18)26(34)32-16-6-11-24(32)23-10-5-8-21(30-23)17-19-7-3-4-9-22(19)29/h3-5,7-10,12-15,24H,6,11,16-17H2,1-2H3,(H,31,33). The zero-order chi connectivity index (χ0) is 24.3. The van der Waals surface area contributed by atoms with Crippen LogP contribution >= 0.6 is 0 Å². The van der Waals surface area contributed by atoms with Crippen LogP contribution in [-0.4, -0.2) is 33.8 Å². The fourth-order valence-corrected chi connectivity index (χ4v) is 4.31. The molecule has 2 aromatic carbocycles. The molecule has 1 atom stereocenters. The van der Waals surface area contributed by atoms with Crippen LogP contribution < -0.4 is 5.32 Å². The highest BCUT2D eigenvalue weighted by Gasteiger charge is 2.40. The molecule has 4 rings (SSSR count). The maximum absolute atomic E-state index is 14.1. The molecule has 1 N–H and O–H groups in total.